The van der Waals surface area contributed by atoms with E-state index in [-0.39, 0.29) is 5.56 Å². The van der Waals surface area contributed by atoms with Crippen LogP contribution in [0, 0.1) is 5.82 Å². The molecular formula is C10H11BrFNO2. The monoisotopic (exact) mass is 275 g/mol. The second-order valence-electron chi connectivity index (χ2n) is 3.12. The van der Waals surface area contributed by atoms with Crippen molar-refractivity contribution in [3.63, 3.8) is 0 Å². The van der Waals surface area contributed by atoms with Gasteiger partial charge in [-0.05, 0) is 35.0 Å². The summed E-state index contributed by atoms with van der Waals surface area (Å²) in [6, 6.07) is 1.80. The third-order valence-electron chi connectivity index (χ3n) is 1.92. The minimum absolute atomic E-state index is 0.0509. The van der Waals surface area contributed by atoms with Crippen molar-refractivity contribution < 1.29 is 13.9 Å². The summed E-state index contributed by atoms with van der Waals surface area (Å²) >= 11 is 3.12. The van der Waals surface area contributed by atoms with Gasteiger partial charge in [0, 0.05) is 0 Å². The lowest BCUT2D eigenvalue weighted by Gasteiger charge is -2.09. The van der Waals surface area contributed by atoms with Gasteiger partial charge in [0.15, 0.2) is 5.78 Å². The normalized spacial score (nSPS) is 12.3. The van der Waals surface area contributed by atoms with Crippen LogP contribution in [-0.4, -0.2) is 18.9 Å². The number of hydrogen-bond donors (Lipinski definition) is 1. The van der Waals surface area contributed by atoms with Gasteiger partial charge in [-0.2, -0.15) is 0 Å². The zero-order chi connectivity index (χ0) is 11.6. The molecule has 1 atom stereocenters. The second-order valence-corrected chi connectivity index (χ2v) is 3.97. The van der Waals surface area contributed by atoms with Crippen LogP contribution >= 0.6 is 15.9 Å². The van der Waals surface area contributed by atoms with Crippen LogP contribution in [0.5, 0.6) is 5.75 Å². The van der Waals surface area contributed by atoms with Gasteiger partial charge in [0.25, 0.3) is 0 Å². The van der Waals surface area contributed by atoms with Gasteiger partial charge < -0.3 is 10.5 Å². The Hall–Kier alpha value is -0.940. The van der Waals surface area contributed by atoms with Crippen molar-refractivity contribution in [2.24, 2.45) is 5.73 Å². The summed E-state index contributed by atoms with van der Waals surface area (Å²) in [4.78, 5) is 11.5. The predicted octanol–water partition coefficient (Wildman–Crippen LogP) is 2.13. The number of Topliss-reactive ketones (excluding diaryl/α,β-unsaturated/α-hetero) is 1. The number of ketones is 1. The first-order chi connectivity index (χ1) is 6.97. The highest BCUT2D eigenvalue weighted by Crippen LogP contribution is 2.28. The number of rotatable bonds is 3. The van der Waals surface area contributed by atoms with Crippen molar-refractivity contribution in [3.8, 4) is 5.75 Å². The summed E-state index contributed by atoms with van der Waals surface area (Å²) in [6.45, 7) is 1.51. The molecule has 15 heavy (non-hydrogen) atoms. The second kappa shape index (κ2) is 4.72. The Balaban J connectivity index is 3.24. The fraction of sp³-hybridized carbons (Fsp3) is 0.300. The van der Waals surface area contributed by atoms with Crippen LogP contribution in [0.1, 0.15) is 17.3 Å². The van der Waals surface area contributed by atoms with Crippen LogP contribution in [0.25, 0.3) is 0 Å². The summed E-state index contributed by atoms with van der Waals surface area (Å²) in [5.41, 5.74) is 5.35. The number of carbonyl (C=O) groups excluding carboxylic acids is 1. The molecule has 5 heteroatoms. The molecule has 0 spiro atoms. The maximum Gasteiger partial charge on any atom is 0.182 e. The summed E-state index contributed by atoms with van der Waals surface area (Å²) < 4.78 is 18.8. The highest BCUT2D eigenvalue weighted by atomic mass is 79.9. The number of benzene rings is 1. The van der Waals surface area contributed by atoms with Crippen LogP contribution in [0.3, 0.4) is 0 Å². The highest BCUT2D eigenvalue weighted by molar-refractivity contribution is 9.10. The Morgan fingerprint density at radius 3 is 2.67 bits per heavy atom. The average molecular weight is 276 g/mol. The smallest absolute Gasteiger partial charge is 0.182 e. The first kappa shape index (κ1) is 12.1. The van der Waals surface area contributed by atoms with Gasteiger partial charge in [0.05, 0.1) is 23.2 Å². The molecule has 0 aliphatic rings. The largest absolute Gasteiger partial charge is 0.496 e. The maximum absolute atomic E-state index is 13.4. The molecule has 0 saturated carbocycles. The van der Waals surface area contributed by atoms with E-state index in [1.807, 2.05) is 0 Å². The topological polar surface area (TPSA) is 52.3 Å². The van der Waals surface area contributed by atoms with E-state index in [1.165, 1.54) is 26.2 Å². The lowest BCUT2D eigenvalue weighted by atomic mass is 10.1. The van der Waals surface area contributed by atoms with E-state index in [4.69, 9.17) is 10.5 Å². The molecule has 0 fully saturated rings. The summed E-state index contributed by atoms with van der Waals surface area (Å²) in [7, 11) is 1.44. The standard InChI is InChI=1S/C10H11BrFNO2/c1-5(13)10(14)6-3-9(15-2)7(11)4-8(6)12/h3-5H,13H2,1-2H3. The van der Waals surface area contributed by atoms with Gasteiger partial charge in [-0.15, -0.1) is 0 Å². The van der Waals surface area contributed by atoms with Gasteiger partial charge >= 0.3 is 0 Å². The molecule has 0 aliphatic heterocycles. The van der Waals surface area contributed by atoms with E-state index in [9.17, 15) is 9.18 Å². The Kier molecular flexibility index (Phi) is 3.82. The van der Waals surface area contributed by atoms with Crippen molar-refractivity contribution >= 4 is 21.7 Å². The average Bonchev–Trinajstić information content (AvgIpc) is 2.17. The van der Waals surface area contributed by atoms with Gasteiger partial charge in [-0.1, -0.05) is 0 Å². The number of ether oxygens (including phenoxy) is 1. The third kappa shape index (κ3) is 2.54. The first-order valence-corrected chi connectivity index (χ1v) is 5.09. The molecule has 0 aromatic heterocycles. The molecule has 0 saturated heterocycles. The lowest BCUT2D eigenvalue weighted by Crippen LogP contribution is -2.27. The molecule has 82 valence electrons. The van der Waals surface area contributed by atoms with E-state index in [1.54, 1.807) is 0 Å². The van der Waals surface area contributed by atoms with Crippen LogP contribution < -0.4 is 10.5 Å². The van der Waals surface area contributed by atoms with E-state index < -0.39 is 17.6 Å². The van der Waals surface area contributed by atoms with E-state index in [0.717, 1.165) is 0 Å². The van der Waals surface area contributed by atoms with Crippen LogP contribution in [0.4, 0.5) is 4.39 Å². The molecular weight excluding hydrogens is 265 g/mol. The van der Waals surface area contributed by atoms with Gasteiger partial charge in [-0.25, -0.2) is 4.39 Å². The molecule has 0 bridgehead atoms. The zero-order valence-corrected chi connectivity index (χ0v) is 9.97. The summed E-state index contributed by atoms with van der Waals surface area (Å²) in [5, 5.41) is 0. The Morgan fingerprint density at radius 2 is 2.20 bits per heavy atom. The highest BCUT2D eigenvalue weighted by Gasteiger charge is 2.18. The van der Waals surface area contributed by atoms with Crippen LogP contribution in [0.2, 0.25) is 0 Å². The van der Waals surface area contributed by atoms with Crippen molar-refractivity contribution in [3.05, 3.63) is 28.0 Å². The van der Waals surface area contributed by atoms with Gasteiger partial charge in [0.2, 0.25) is 0 Å². The molecule has 1 aromatic carbocycles. The van der Waals surface area contributed by atoms with Crippen molar-refractivity contribution in [2.45, 2.75) is 13.0 Å². The Bertz CT molecular complexity index is 393. The predicted molar refractivity (Wildman–Crippen MR) is 58.6 cm³/mol. The SMILES string of the molecule is COc1cc(C(=O)C(C)N)c(F)cc1Br. The first-order valence-electron chi connectivity index (χ1n) is 4.30. The molecule has 0 heterocycles. The van der Waals surface area contributed by atoms with Gasteiger partial charge in [-0.3, -0.25) is 4.79 Å². The Morgan fingerprint density at radius 1 is 1.60 bits per heavy atom. The molecule has 0 radical (unpaired) electrons. The molecule has 1 unspecified atom stereocenters. The van der Waals surface area contributed by atoms with E-state index in [2.05, 4.69) is 15.9 Å². The molecule has 0 aliphatic carbocycles. The Labute approximate surface area is 95.5 Å². The summed E-state index contributed by atoms with van der Waals surface area (Å²) in [5.74, 6) is -0.649. The number of halogens is 2. The molecule has 1 aromatic rings. The number of carbonyl (C=O) groups is 1. The number of hydrogen-bond acceptors (Lipinski definition) is 3. The minimum Gasteiger partial charge on any atom is -0.496 e. The van der Waals surface area contributed by atoms with Crippen LogP contribution in [0.15, 0.2) is 16.6 Å². The summed E-state index contributed by atoms with van der Waals surface area (Å²) in [6.07, 6.45) is 0. The number of methoxy groups -OCH3 is 1. The minimum atomic E-state index is -0.731. The van der Waals surface area contributed by atoms with Crippen molar-refractivity contribution in [1.29, 1.82) is 0 Å². The zero-order valence-electron chi connectivity index (χ0n) is 8.38. The molecule has 3 nitrogen and oxygen atoms in total. The quantitative estimate of drug-likeness (QED) is 0.860. The fourth-order valence-corrected chi connectivity index (χ4v) is 1.60. The molecule has 2 N–H and O–H groups in total. The third-order valence-corrected chi connectivity index (χ3v) is 2.54. The fourth-order valence-electron chi connectivity index (χ4n) is 1.12. The van der Waals surface area contributed by atoms with E-state index >= 15 is 0 Å². The van der Waals surface area contributed by atoms with Gasteiger partial charge in [0.1, 0.15) is 11.6 Å². The van der Waals surface area contributed by atoms with Crippen LogP contribution in [-0.2, 0) is 0 Å². The van der Waals surface area contributed by atoms with Crippen molar-refractivity contribution in [2.75, 3.05) is 7.11 Å². The van der Waals surface area contributed by atoms with Crippen molar-refractivity contribution in [1.82, 2.24) is 0 Å². The lowest BCUT2D eigenvalue weighted by molar-refractivity contribution is 0.0963. The van der Waals surface area contributed by atoms with E-state index in [0.29, 0.717) is 10.2 Å². The molecule has 0 amide bonds. The molecule has 1 rings (SSSR count). The maximum atomic E-state index is 13.4. The number of nitrogens with two attached hydrogens (primary N) is 1.